The van der Waals surface area contributed by atoms with E-state index in [0.29, 0.717) is 11.6 Å². The molecule has 0 bridgehead atoms. The summed E-state index contributed by atoms with van der Waals surface area (Å²) in [5.41, 5.74) is 2.63. The summed E-state index contributed by atoms with van der Waals surface area (Å²) in [7, 11) is 0. The number of aryl methyl sites for hydroxylation is 2. The number of hydrogen-bond acceptors (Lipinski definition) is 6. The van der Waals surface area contributed by atoms with Gasteiger partial charge in [0, 0.05) is 29.5 Å². The molecule has 0 radical (unpaired) electrons. The molecule has 2 aromatic rings. The van der Waals surface area contributed by atoms with Gasteiger partial charge in [-0.15, -0.1) is 11.8 Å². The first-order chi connectivity index (χ1) is 10.6. The molecule has 2 heterocycles. The number of nitrogens with zero attached hydrogens (tertiary/aromatic N) is 4. The van der Waals surface area contributed by atoms with Crippen molar-refractivity contribution in [3.63, 3.8) is 0 Å². The summed E-state index contributed by atoms with van der Waals surface area (Å²) in [6, 6.07) is 7.66. The van der Waals surface area contributed by atoms with Gasteiger partial charge in [0.15, 0.2) is 17.5 Å². The normalized spacial score (nSPS) is 11.7. The minimum atomic E-state index is -0.899. The number of ketones is 1. The minimum Gasteiger partial charge on any atom is -0.297 e. The van der Waals surface area contributed by atoms with Crippen LogP contribution in [0.1, 0.15) is 28.7 Å². The highest BCUT2D eigenvalue weighted by molar-refractivity contribution is 7.99. The van der Waals surface area contributed by atoms with E-state index in [-0.39, 0.29) is 11.5 Å². The van der Waals surface area contributed by atoms with Crippen molar-refractivity contribution < 1.29 is 4.79 Å². The average molecular weight is 312 g/mol. The van der Waals surface area contributed by atoms with Gasteiger partial charge in [0.2, 0.25) is 0 Å². The molecule has 0 spiro atoms. The van der Waals surface area contributed by atoms with E-state index in [2.05, 4.69) is 15.0 Å². The molecule has 0 aliphatic carbocycles. The van der Waals surface area contributed by atoms with Crippen LogP contribution in [0.4, 0.5) is 0 Å². The highest BCUT2D eigenvalue weighted by Gasteiger charge is 2.23. The molecule has 0 amide bonds. The minimum absolute atomic E-state index is 0.161. The quantitative estimate of drug-likeness (QED) is 0.815. The maximum absolute atomic E-state index is 12.3. The number of pyridine rings is 1. The van der Waals surface area contributed by atoms with Crippen molar-refractivity contribution in [2.24, 2.45) is 0 Å². The van der Waals surface area contributed by atoms with Crippen LogP contribution >= 0.6 is 11.8 Å². The maximum atomic E-state index is 12.3. The molecule has 2 aromatic heterocycles. The molecule has 0 N–H and O–H groups in total. The summed E-state index contributed by atoms with van der Waals surface area (Å²) in [4.78, 5) is 24.6. The van der Waals surface area contributed by atoms with E-state index in [0.717, 1.165) is 17.0 Å². The Morgan fingerprint density at radius 3 is 2.50 bits per heavy atom. The van der Waals surface area contributed by atoms with Crippen LogP contribution in [0.15, 0.2) is 30.6 Å². The number of rotatable bonds is 6. The molecule has 1 unspecified atom stereocenters. The molecule has 112 valence electrons. The van der Waals surface area contributed by atoms with Crippen molar-refractivity contribution >= 4 is 17.5 Å². The van der Waals surface area contributed by atoms with E-state index in [1.807, 2.05) is 38.1 Å². The molecular weight excluding hydrogens is 296 g/mol. The molecule has 1 atom stereocenters. The average Bonchev–Trinajstić information content (AvgIpc) is 2.48. The fraction of sp³-hybridized carbons (Fsp3) is 0.312. The van der Waals surface area contributed by atoms with Gasteiger partial charge in [0.1, 0.15) is 0 Å². The SMILES string of the molecule is Cc1cc(C)nc(C(C#N)C(=O)CSCc2ccncc2)n1. The molecule has 0 saturated heterocycles. The topological polar surface area (TPSA) is 79.5 Å². The summed E-state index contributed by atoms with van der Waals surface area (Å²) in [5.74, 6) is 0.210. The Balaban J connectivity index is 1.99. The van der Waals surface area contributed by atoms with E-state index in [4.69, 9.17) is 0 Å². The predicted octanol–water partition coefficient (Wildman–Crippen LogP) is 2.60. The van der Waals surface area contributed by atoms with E-state index in [1.165, 1.54) is 11.8 Å². The zero-order valence-corrected chi connectivity index (χ0v) is 13.3. The van der Waals surface area contributed by atoms with Gasteiger partial charge in [0.25, 0.3) is 0 Å². The zero-order valence-electron chi connectivity index (χ0n) is 12.5. The third-order valence-electron chi connectivity index (χ3n) is 2.97. The van der Waals surface area contributed by atoms with Crippen LogP contribution in [-0.4, -0.2) is 26.5 Å². The Morgan fingerprint density at radius 2 is 1.91 bits per heavy atom. The molecule has 5 nitrogen and oxygen atoms in total. The number of Topliss-reactive ketones (excluding diaryl/α,β-unsaturated/α-hetero) is 1. The fourth-order valence-electron chi connectivity index (χ4n) is 1.99. The van der Waals surface area contributed by atoms with Crippen LogP contribution in [0.5, 0.6) is 0 Å². The second-order valence-electron chi connectivity index (χ2n) is 4.89. The third-order valence-corrected chi connectivity index (χ3v) is 4.00. The van der Waals surface area contributed by atoms with Crippen molar-refractivity contribution in [3.8, 4) is 6.07 Å². The van der Waals surface area contributed by atoms with Crippen LogP contribution in [0.2, 0.25) is 0 Å². The van der Waals surface area contributed by atoms with Gasteiger partial charge in [-0.3, -0.25) is 9.78 Å². The summed E-state index contributed by atoms with van der Waals surface area (Å²) in [6.07, 6.45) is 3.44. The first-order valence-electron chi connectivity index (χ1n) is 6.81. The van der Waals surface area contributed by atoms with Crippen molar-refractivity contribution in [1.29, 1.82) is 5.26 Å². The Bertz CT molecular complexity index is 677. The lowest BCUT2D eigenvalue weighted by molar-refractivity contribution is -0.117. The lowest BCUT2D eigenvalue weighted by Crippen LogP contribution is -2.17. The Kier molecular flexibility index (Phi) is 5.61. The molecule has 6 heteroatoms. The Labute approximate surface area is 133 Å². The molecule has 0 aliphatic rings. The second kappa shape index (κ2) is 7.66. The van der Waals surface area contributed by atoms with Crippen molar-refractivity contribution in [1.82, 2.24) is 15.0 Å². The van der Waals surface area contributed by atoms with Crippen LogP contribution in [-0.2, 0) is 10.5 Å². The fourth-order valence-corrected chi connectivity index (χ4v) is 2.89. The lowest BCUT2D eigenvalue weighted by atomic mass is 10.1. The first kappa shape index (κ1) is 16.1. The number of carbonyl (C=O) groups is 1. The molecule has 0 saturated carbocycles. The highest BCUT2D eigenvalue weighted by atomic mass is 32.2. The number of thioether (sulfide) groups is 1. The molecule has 0 fully saturated rings. The van der Waals surface area contributed by atoms with Crippen molar-refractivity contribution in [2.45, 2.75) is 25.5 Å². The Hall–Kier alpha value is -2.26. The molecule has 0 aromatic carbocycles. The van der Waals surface area contributed by atoms with Crippen LogP contribution in [0.25, 0.3) is 0 Å². The zero-order chi connectivity index (χ0) is 15.9. The van der Waals surface area contributed by atoms with Crippen LogP contribution in [0, 0.1) is 25.2 Å². The molecule has 22 heavy (non-hydrogen) atoms. The summed E-state index contributed by atoms with van der Waals surface area (Å²) < 4.78 is 0. The predicted molar refractivity (Wildman–Crippen MR) is 85.3 cm³/mol. The van der Waals surface area contributed by atoms with E-state index in [1.54, 1.807) is 12.4 Å². The van der Waals surface area contributed by atoms with Gasteiger partial charge >= 0.3 is 0 Å². The van der Waals surface area contributed by atoms with E-state index < -0.39 is 5.92 Å². The molecule has 0 aliphatic heterocycles. The summed E-state index contributed by atoms with van der Waals surface area (Å²) in [5, 5.41) is 9.28. The van der Waals surface area contributed by atoms with Gasteiger partial charge < -0.3 is 0 Å². The maximum Gasteiger partial charge on any atom is 0.167 e. The second-order valence-corrected chi connectivity index (χ2v) is 5.87. The number of nitriles is 1. The molecule has 2 rings (SSSR count). The van der Waals surface area contributed by atoms with Crippen molar-refractivity contribution in [3.05, 3.63) is 53.4 Å². The van der Waals surface area contributed by atoms with Gasteiger partial charge in [0.05, 0.1) is 11.8 Å². The van der Waals surface area contributed by atoms with Crippen LogP contribution in [0.3, 0.4) is 0 Å². The standard InChI is InChI=1S/C16H16N4OS/c1-11-7-12(2)20-16(19-11)14(8-17)15(21)10-22-9-13-3-5-18-6-4-13/h3-7,14H,9-10H2,1-2H3. The highest BCUT2D eigenvalue weighted by Crippen LogP contribution is 2.18. The van der Waals surface area contributed by atoms with Gasteiger partial charge in [-0.25, -0.2) is 9.97 Å². The lowest BCUT2D eigenvalue weighted by Gasteiger charge is -2.08. The van der Waals surface area contributed by atoms with E-state index >= 15 is 0 Å². The van der Waals surface area contributed by atoms with Crippen LogP contribution < -0.4 is 0 Å². The largest absolute Gasteiger partial charge is 0.297 e. The number of hydrogen-bond donors (Lipinski definition) is 0. The van der Waals surface area contributed by atoms with Crippen molar-refractivity contribution in [2.75, 3.05) is 5.75 Å². The Morgan fingerprint density at radius 1 is 1.27 bits per heavy atom. The van der Waals surface area contributed by atoms with Gasteiger partial charge in [-0.2, -0.15) is 5.26 Å². The molecular formula is C16H16N4OS. The summed E-state index contributed by atoms with van der Waals surface area (Å²) >= 11 is 1.48. The van der Waals surface area contributed by atoms with E-state index in [9.17, 15) is 10.1 Å². The number of carbonyl (C=O) groups excluding carboxylic acids is 1. The third kappa shape index (κ3) is 4.37. The smallest absolute Gasteiger partial charge is 0.167 e. The number of aromatic nitrogens is 3. The summed E-state index contributed by atoms with van der Waals surface area (Å²) in [6.45, 7) is 3.66. The monoisotopic (exact) mass is 312 g/mol. The van der Waals surface area contributed by atoms with Gasteiger partial charge in [-0.05, 0) is 37.6 Å². The first-order valence-corrected chi connectivity index (χ1v) is 7.97. The van der Waals surface area contributed by atoms with Gasteiger partial charge in [-0.1, -0.05) is 0 Å².